The molecule has 6 heteroatoms. The third-order valence-electron chi connectivity index (χ3n) is 4.31. The summed E-state index contributed by atoms with van der Waals surface area (Å²) in [5.41, 5.74) is -0.0400. The molecule has 1 aromatic carbocycles. The largest absolute Gasteiger partial charge is 0.383 e. The molecule has 1 saturated carbocycles. The monoisotopic (exact) mass is 322 g/mol. The lowest BCUT2D eigenvalue weighted by molar-refractivity contribution is -0.129. The second-order valence-electron chi connectivity index (χ2n) is 5.82. The first kappa shape index (κ1) is 17.4. The highest BCUT2D eigenvalue weighted by atomic mass is 19.1. The molecule has 0 aliphatic heterocycles. The maximum absolute atomic E-state index is 13.5. The predicted molar refractivity (Wildman–Crippen MR) is 84.4 cm³/mol. The van der Waals surface area contributed by atoms with E-state index in [1.807, 2.05) is 0 Å². The molecule has 0 radical (unpaired) electrons. The highest BCUT2D eigenvalue weighted by molar-refractivity contribution is 5.91. The number of halogens is 1. The van der Waals surface area contributed by atoms with Crippen molar-refractivity contribution in [3.8, 4) is 0 Å². The van der Waals surface area contributed by atoms with Crippen molar-refractivity contribution in [1.29, 1.82) is 0 Å². The molecule has 126 valence electrons. The van der Waals surface area contributed by atoms with Gasteiger partial charge in [0.1, 0.15) is 5.82 Å². The van der Waals surface area contributed by atoms with Crippen molar-refractivity contribution in [2.45, 2.75) is 31.1 Å². The summed E-state index contributed by atoms with van der Waals surface area (Å²) in [6.45, 7) is 0.743. The van der Waals surface area contributed by atoms with Crippen molar-refractivity contribution >= 4 is 11.8 Å². The summed E-state index contributed by atoms with van der Waals surface area (Å²) in [6, 6.07) is 6.19. The number of hydrogen-bond acceptors (Lipinski definition) is 3. The Kier molecular flexibility index (Phi) is 6.10. The second kappa shape index (κ2) is 8.06. The van der Waals surface area contributed by atoms with E-state index in [2.05, 4.69) is 10.6 Å². The molecular weight excluding hydrogens is 299 g/mol. The number of nitrogens with one attached hydrogen (secondary N) is 2. The number of carbonyl (C=O) groups excluding carboxylic acids is 2. The maximum Gasteiger partial charge on any atom is 0.239 e. The van der Waals surface area contributed by atoms with E-state index >= 15 is 0 Å². The predicted octanol–water partition coefficient (Wildman–Crippen LogP) is 1.52. The average molecular weight is 322 g/mol. The third-order valence-corrected chi connectivity index (χ3v) is 4.31. The van der Waals surface area contributed by atoms with Gasteiger partial charge in [0, 0.05) is 13.7 Å². The normalized spacial score (nSPS) is 16.1. The van der Waals surface area contributed by atoms with Crippen LogP contribution in [0.2, 0.25) is 0 Å². The molecule has 1 aliphatic rings. The van der Waals surface area contributed by atoms with Gasteiger partial charge in [0.05, 0.1) is 18.6 Å². The molecule has 0 unspecified atom stereocenters. The molecule has 5 nitrogen and oxygen atoms in total. The van der Waals surface area contributed by atoms with Crippen molar-refractivity contribution in [2.24, 2.45) is 0 Å². The van der Waals surface area contributed by atoms with E-state index in [4.69, 9.17) is 4.74 Å². The van der Waals surface area contributed by atoms with Crippen molar-refractivity contribution in [2.75, 3.05) is 26.8 Å². The Morgan fingerprint density at radius 3 is 2.65 bits per heavy atom. The quantitative estimate of drug-likeness (QED) is 0.748. The van der Waals surface area contributed by atoms with Gasteiger partial charge >= 0.3 is 0 Å². The summed E-state index contributed by atoms with van der Waals surface area (Å²) in [7, 11) is 1.55. The van der Waals surface area contributed by atoms with E-state index in [-0.39, 0.29) is 24.2 Å². The summed E-state index contributed by atoms with van der Waals surface area (Å²) < 4.78 is 18.4. The highest BCUT2D eigenvalue weighted by Crippen LogP contribution is 2.41. The minimum Gasteiger partial charge on any atom is -0.383 e. The highest BCUT2D eigenvalue weighted by Gasteiger charge is 2.42. The molecule has 23 heavy (non-hydrogen) atoms. The van der Waals surface area contributed by atoms with Gasteiger partial charge in [-0.15, -0.1) is 0 Å². The number of carbonyl (C=O) groups is 2. The zero-order chi connectivity index (χ0) is 16.7. The zero-order valence-corrected chi connectivity index (χ0v) is 13.4. The molecule has 0 aromatic heterocycles. The Morgan fingerprint density at radius 1 is 1.26 bits per heavy atom. The van der Waals surface area contributed by atoms with Gasteiger partial charge in [-0.3, -0.25) is 9.59 Å². The molecule has 0 saturated heterocycles. The molecule has 1 aromatic rings. The molecule has 0 heterocycles. The Labute approximate surface area is 135 Å². The van der Waals surface area contributed by atoms with Crippen molar-refractivity contribution in [1.82, 2.24) is 10.6 Å². The number of benzene rings is 1. The molecule has 1 fully saturated rings. The summed E-state index contributed by atoms with van der Waals surface area (Å²) >= 11 is 0. The summed E-state index contributed by atoms with van der Waals surface area (Å²) in [5.74, 6) is -0.816. The Hall–Kier alpha value is -1.95. The zero-order valence-electron chi connectivity index (χ0n) is 13.4. The fourth-order valence-corrected chi connectivity index (χ4v) is 3.10. The number of rotatable bonds is 7. The molecule has 0 atom stereocenters. The van der Waals surface area contributed by atoms with Gasteiger partial charge in [-0.2, -0.15) is 0 Å². The van der Waals surface area contributed by atoms with Gasteiger partial charge in [0.25, 0.3) is 0 Å². The topological polar surface area (TPSA) is 67.4 Å². The van der Waals surface area contributed by atoms with Crippen LogP contribution < -0.4 is 10.6 Å². The molecule has 2 amide bonds. The van der Waals surface area contributed by atoms with Gasteiger partial charge in [-0.1, -0.05) is 25.0 Å². The van der Waals surface area contributed by atoms with Crippen molar-refractivity contribution in [3.05, 3.63) is 35.6 Å². The van der Waals surface area contributed by atoms with Crippen molar-refractivity contribution in [3.63, 3.8) is 0 Å². The number of hydrogen-bond donors (Lipinski definition) is 2. The first-order valence-corrected chi connectivity index (χ1v) is 7.88. The van der Waals surface area contributed by atoms with Crippen LogP contribution in [-0.2, 0) is 19.7 Å². The molecule has 2 rings (SSSR count). The van der Waals surface area contributed by atoms with Crippen LogP contribution in [-0.4, -0.2) is 38.6 Å². The Balaban J connectivity index is 2.01. The van der Waals surface area contributed by atoms with E-state index in [0.29, 0.717) is 31.6 Å². The van der Waals surface area contributed by atoms with E-state index in [9.17, 15) is 14.0 Å². The van der Waals surface area contributed by atoms with Crippen LogP contribution in [0.3, 0.4) is 0 Å². The van der Waals surface area contributed by atoms with Gasteiger partial charge in [0.15, 0.2) is 0 Å². The lowest BCUT2D eigenvalue weighted by Crippen LogP contribution is -2.46. The standard InChI is InChI=1S/C17H23FN2O3/c1-23-10-9-19-15(21)12-20-16(22)17(7-2-3-8-17)13-5-4-6-14(18)11-13/h4-6,11H,2-3,7-10,12H2,1H3,(H,19,21)(H,20,22). The lowest BCUT2D eigenvalue weighted by atomic mass is 9.78. The molecule has 0 spiro atoms. The molecule has 0 bridgehead atoms. The van der Waals surface area contributed by atoms with Crippen LogP contribution in [0.15, 0.2) is 24.3 Å². The van der Waals surface area contributed by atoms with E-state index in [1.165, 1.54) is 12.1 Å². The number of ether oxygens (including phenoxy) is 1. The van der Waals surface area contributed by atoms with Crippen LogP contribution in [0.25, 0.3) is 0 Å². The second-order valence-corrected chi connectivity index (χ2v) is 5.82. The molecule has 2 N–H and O–H groups in total. The van der Waals surface area contributed by atoms with E-state index in [1.54, 1.807) is 19.2 Å². The van der Waals surface area contributed by atoms with Gasteiger partial charge in [-0.25, -0.2) is 4.39 Å². The Bertz CT molecular complexity index is 557. The lowest BCUT2D eigenvalue weighted by Gasteiger charge is -2.28. The van der Waals surface area contributed by atoms with Gasteiger partial charge < -0.3 is 15.4 Å². The fourth-order valence-electron chi connectivity index (χ4n) is 3.10. The van der Waals surface area contributed by atoms with Gasteiger partial charge in [-0.05, 0) is 30.5 Å². The third kappa shape index (κ3) is 4.28. The fraction of sp³-hybridized carbons (Fsp3) is 0.529. The van der Waals surface area contributed by atoms with Crippen LogP contribution in [0.1, 0.15) is 31.2 Å². The van der Waals surface area contributed by atoms with Crippen LogP contribution in [0.4, 0.5) is 4.39 Å². The Morgan fingerprint density at radius 2 is 2.00 bits per heavy atom. The summed E-state index contributed by atoms with van der Waals surface area (Å²) in [6.07, 6.45) is 3.19. The summed E-state index contributed by atoms with van der Waals surface area (Å²) in [4.78, 5) is 24.4. The number of methoxy groups -OCH3 is 1. The molecular formula is C17H23FN2O3. The summed E-state index contributed by atoms with van der Waals surface area (Å²) in [5, 5.41) is 5.35. The van der Waals surface area contributed by atoms with Crippen LogP contribution >= 0.6 is 0 Å². The van der Waals surface area contributed by atoms with Gasteiger partial charge in [0.2, 0.25) is 11.8 Å². The van der Waals surface area contributed by atoms with E-state index in [0.717, 1.165) is 12.8 Å². The van der Waals surface area contributed by atoms with Crippen LogP contribution in [0, 0.1) is 5.82 Å². The minimum absolute atomic E-state index is 0.0837. The average Bonchev–Trinajstić information content (AvgIpc) is 3.04. The number of amides is 2. The van der Waals surface area contributed by atoms with Crippen LogP contribution in [0.5, 0.6) is 0 Å². The van der Waals surface area contributed by atoms with E-state index < -0.39 is 5.41 Å². The maximum atomic E-state index is 13.5. The first-order chi connectivity index (χ1) is 11.1. The first-order valence-electron chi connectivity index (χ1n) is 7.88. The molecule has 1 aliphatic carbocycles. The smallest absolute Gasteiger partial charge is 0.239 e. The SMILES string of the molecule is COCCNC(=O)CNC(=O)C1(c2cccc(F)c2)CCCC1. The van der Waals surface area contributed by atoms with Crippen molar-refractivity contribution < 1.29 is 18.7 Å². The minimum atomic E-state index is -0.727.